The number of fused-ring (bicyclic) bond motifs is 1. The third kappa shape index (κ3) is 4.21. The van der Waals surface area contributed by atoms with Crippen LogP contribution in [0.1, 0.15) is 17.2 Å². The Morgan fingerprint density at radius 3 is 2.30 bits per heavy atom. The number of carboxylic acid groups (broad SMARTS) is 1. The first-order valence-electron chi connectivity index (χ1n) is 9.88. The van der Waals surface area contributed by atoms with Crippen LogP contribution in [0.25, 0.3) is 0 Å². The van der Waals surface area contributed by atoms with Gasteiger partial charge in [0, 0.05) is 24.1 Å². The van der Waals surface area contributed by atoms with E-state index in [1.54, 1.807) is 0 Å². The first-order chi connectivity index (χ1) is 15.6. The molecule has 2 aliphatic heterocycles. The molecule has 33 heavy (non-hydrogen) atoms. The van der Waals surface area contributed by atoms with Gasteiger partial charge in [-0.05, 0) is 17.7 Å². The maximum absolute atomic E-state index is 11.3. The summed E-state index contributed by atoms with van der Waals surface area (Å²) < 4.78 is 16.3. The molecule has 2 unspecified atom stereocenters. The first kappa shape index (κ1) is 22.9. The van der Waals surface area contributed by atoms with E-state index in [0.29, 0.717) is 5.56 Å². The van der Waals surface area contributed by atoms with E-state index in [2.05, 4.69) is 0 Å². The van der Waals surface area contributed by atoms with Gasteiger partial charge in [0.25, 0.3) is 0 Å². The predicted octanol–water partition coefficient (Wildman–Crippen LogP) is -0.889. The Morgan fingerprint density at radius 2 is 1.64 bits per heavy atom. The van der Waals surface area contributed by atoms with Crippen molar-refractivity contribution in [3.63, 3.8) is 0 Å². The summed E-state index contributed by atoms with van der Waals surface area (Å²) in [4.78, 5) is 11.3. The van der Waals surface area contributed by atoms with Gasteiger partial charge in [-0.25, -0.2) is 4.79 Å². The molecule has 0 bridgehead atoms. The van der Waals surface area contributed by atoms with Crippen molar-refractivity contribution in [1.82, 2.24) is 0 Å². The molecule has 0 aliphatic carbocycles. The van der Waals surface area contributed by atoms with Gasteiger partial charge in [0.2, 0.25) is 6.29 Å². The Labute approximate surface area is 186 Å². The molecule has 8 N–H and O–H groups in total. The predicted molar refractivity (Wildman–Crippen MR) is 106 cm³/mol. The van der Waals surface area contributed by atoms with Crippen LogP contribution < -0.4 is 9.47 Å². The summed E-state index contributed by atoms with van der Waals surface area (Å²) in [6, 6.07) is 6.33. The second-order valence-electron chi connectivity index (χ2n) is 7.83. The van der Waals surface area contributed by atoms with Crippen molar-refractivity contribution < 1.29 is 59.9 Å². The summed E-state index contributed by atoms with van der Waals surface area (Å²) in [5.74, 6) is -2.69. The number of hydrogen-bond donors (Lipinski definition) is 8. The van der Waals surface area contributed by atoms with Crippen molar-refractivity contribution in [2.24, 2.45) is 0 Å². The summed E-state index contributed by atoms with van der Waals surface area (Å²) in [7, 11) is 0. The van der Waals surface area contributed by atoms with Crippen LogP contribution >= 0.6 is 0 Å². The minimum Gasteiger partial charge on any atom is -0.507 e. The highest BCUT2D eigenvalue weighted by molar-refractivity contribution is 5.73. The molecule has 2 aromatic carbocycles. The Balaban J connectivity index is 1.60. The van der Waals surface area contributed by atoms with Gasteiger partial charge in [-0.15, -0.1) is 0 Å². The van der Waals surface area contributed by atoms with Crippen molar-refractivity contribution in [3.8, 4) is 28.7 Å². The fourth-order valence-corrected chi connectivity index (χ4v) is 3.81. The highest BCUT2D eigenvalue weighted by Gasteiger charge is 2.48. The Hall–Kier alpha value is -3.29. The minimum atomic E-state index is -1.89. The standard InChI is InChI=1S/C21H22O12/c22-10-2-1-7(3-12(10)24)18-13(25)6-9-11(23)4-8(5-14(9)32-18)31-21-17(28)15(26)16(27)19(33-21)20(29)30/h1-5,13,15-19,21-28H,6H2,(H,29,30)/t13?,15-,16-,17+,18?,19-,21+/m0/s1. The van der Waals surface area contributed by atoms with Crippen molar-refractivity contribution >= 4 is 5.97 Å². The summed E-state index contributed by atoms with van der Waals surface area (Å²) >= 11 is 0. The number of aromatic hydroxyl groups is 3. The lowest BCUT2D eigenvalue weighted by molar-refractivity contribution is -0.271. The highest BCUT2D eigenvalue weighted by Crippen LogP contribution is 2.43. The number of aliphatic carboxylic acids is 1. The SMILES string of the molecule is O=C(O)[C@H]1O[C@@H](Oc2cc(O)c3c(c2)OC(c2ccc(O)c(O)c2)C(O)C3)[C@H](O)[C@@H](O)[C@@H]1O. The van der Waals surface area contributed by atoms with E-state index in [-0.39, 0.29) is 35.0 Å². The summed E-state index contributed by atoms with van der Waals surface area (Å²) in [6.45, 7) is 0. The third-order valence-electron chi connectivity index (χ3n) is 5.57. The smallest absolute Gasteiger partial charge is 0.335 e. The van der Waals surface area contributed by atoms with Crippen molar-refractivity contribution in [2.75, 3.05) is 0 Å². The van der Waals surface area contributed by atoms with Gasteiger partial charge >= 0.3 is 5.97 Å². The van der Waals surface area contributed by atoms with Gasteiger partial charge in [0.05, 0.1) is 6.10 Å². The maximum Gasteiger partial charge on any atom is 0.335 e. The largest absolute Gasteiger partial charge is 0.507 e. The summed E-state index contributed by atoms with van der Waals surface area (Å²) in [5, 5.41) is 79.1. The number of aliphatic hydroxyl groups excluding tert-OH is 4. The number of aliphatic hydroxyl groups is 4. The zero-order valence-corrected chi connectivity index (χ0v) is 16.8. The fraction of sp³-hybridized carbons (Fsp3) is 0.381. The third-order valence-corrected chi connectivity index (χ3v) is 5.57. The van der Waals surface area contributed by atoms with Crippen LogP contribution in [0.2, 0.25) is 0 Å². The minimum absolute atomic E-state index is 0.0255. The normalized spacial score (nSPS) is 31.3. The lowest BCUT2D eigenvalue weighted by atomic mass is 9.94. The number of carbonyl (C=O) groups is 1. The second-order valence-corrected chi connectivity index (χ2v) is 7.83. The van der Waals surface area contributed by atoms with Crippen LogP contribution in [0, 0.1) is 0 Å². The van der Waals surface area contributed by atoms with Crippen LogP contribution in [-0.4, -0.2) is 83.6 Å². The van der Waals surface area contributed by atoms with Crippen LogP contribution in [0.3, 0.4) is 0 Å². The molecule has 0 saturated carbocycles. The molecule has 178 valence electrons. The molecule has 0 amide bonds. The number of carboxylic acids is 1. The monoisotopic (exact) mass is 466 g/mol. The van der Waals surface area contributed by atoms with Gasteiger partial charge in [0.15, 0.2) is 17.6 Å². The van der Waals surface area contributed by atoms with Crippen LogP contribution in [0.15, 0.2) is 30.3 Å². The highest BCUT2D eigenvalue weighted by atomic mass is 16.7. The molecule has 7 atom stereocenters. The lowest BCUT2D eigenvalue weighted by Crippen LogP contribution is -2.61. The van der Waals surface area contributed by atoms with E-state index >= 15 is 0 Å². The Morgan fingerprint density at radius 1 is 0.909 bits per heavy atom. The van der Waals surface area contributed by atoms with E-state index < -0.39 is 54.6 Å². The number of benzene rings is 2. The van der Waals surface area contributed by atoms with E-state index in [4.69, 9.17) is 19.3 Å². The van der Waals surface area contributed by atoms with Gasteiger partial charge in [0.1, 0.15) is 41.7 Å². The Kier molecular flexibility index (Phi) is 5.95. The lowest BCUT2D eigenvalue weighted by Gasteiger charge is -2.38. The van der Waals surface area contributed by atoms with E-state index in [1.807, 2.05) is 0 Å². The average molecular weight is 466 g/mol. The molecule has 0 spiro atoms. The number of rotatable bonds is 4. The van der Waals surface area contributed by atoms with Gasteiger partial charge < -0.3 is 55.1 Å². The van der Waals surface area contributed by atoms with Gasteiger partial charge in [-0.1, -0.05) is 6.07 Å². The van der Waals surface area contributed by atoms with Gasteiger partial charge in [-0.3, -0.25) is 0 Å². The maximum atomic E-state index is 11.3. The van der Waals surface area contributed by atoms with Crippen molar-refractivity contribution in [2.45, 2.75) is 49.3 Å². The van der Waals surface area contributed by atoms with E-state index in [0.717, 1.165) is 6.07 Å². The zero-order valence-electron chi connectivity index (χ0n) is 16.8. The topological polar surface area (TPSA) is 207 Å². The molecular weight excluding hydrogens is 444 g/mol. The molecular formula is C21H22O12. The fourth-order valence-electron chi connectivity index (χ4n) is 3.81. The number of phenols is 3. The Bertz CT molecular complexity index is 1060. The summed E-state index contributed by atoms with van der Waals surface area (Å²) in [6.07, 6.45) is -11.2. The molecule has 0 aromatic heterocycles. The molecule has 1 fully saturated rings. The van der Waals surface area contributed by atoms with Crippen LogP contribution in [0.4, 0.5) is 0 Å². The quantitative estimate of drug-likeness (QED) is 0.258. The van der Waals surface area contributed by atoms with Crippen LogP contribution in [0.5, 0.6) is 28.7 Å². The first-order valence-corrected chi connectivity index (χ1v) is 9.88. The molecule has 12 nitrogen and oxygen atoms in total. The summed E-state index contributed by atoms with van der Waals surface area (Å²) in [5.41, 5.74) is 0.597. The van der Waals surface area contributed by atoms with Crippen molar-refractivity contribution in [1.29, 1.82) is 0 Å². The average Bonchev–Trinajstić information content (AvgIpc) is 2.76. The van der Waals surface area contributed by atoms with Crippen LogP contribution in [-0.2, 0) is 16.0 Å². The number of phenolic OH excluding ortho intramolecular Hbond substituents is 3. The molecule has 0 radical (unpaired) electrons. The molecule has 2 heterocycles. The number of hydrogen-bond acceptors (Lipinski definition) is 11. The number of ether oxygens (including phenoxy) is 3. The van der Waals surface area contributed by atoms with E-state index in [9.17, 15) is 40.5 Å². The molecule has 12 heteroatoms. The molecule has 4 rings (SSSR count). The van der Waals surface area contributed by atoms with E-state index in [1.165, 1.54) is 24.3 Å². The van der Waals surface area contributed by atoms with Crippen molar-refractivity contribution in [3.05, 3.63) is 41.5 Å². The zero-order chi connectivity index (χ0) is 24.0. The second kappa shape index (κ2) is 8.57. The molecule has 2 aliphatic rings. The molecule has 1 saturated heterocycles. The molecule has 2 aromatic rings. The van der Waals surface area contributed by atoms with Gasteiger partial charge in [-0.2, -0.15) is 0 Å².